The minimum atomic E-state index is 0.0943. The second-order valence-electron chi connectivity index (χ2n) is 3.46. The molecule has 0 aliphatic carbocycles. The third kappa shape index (κ3) is 3.19. The summed E-state index contributed by atoms with van der Waals surface area (Å²) in [5, 5.41) is 9.25. The summed E-state index contributed by atoms with van der Waals surface area (Å²) in [5.41, 5.74) is 0. The molecule has 1 heterocycles. The molecule has 1 fully saturated rings. The highest BCUT2D eigenvalue weighted by Gasteiger charge is 2.16. The number of hydrogen-bond acceptors (Lipinski definition) is 3. The van der Waals surface area contributed by atoms with Gasteiger partial charge in [-0.2, -0.15) is 0 Å². The first-order chi connectivity index (χ1) is 5.68. The Hall–Kier alpha value is -0.610. The van der Waals surface area contributed by atoms with Gasteiger partial charge in [0.1, 0.15) is 0 Å². The molecule has 70 valence electrons. The van der Waals surface area contributed by atoms with Crippen molar-refractivity contribution in [3.05, 3.63) is 0 Å². The van der Waals surface area contributed by atoms with Gasteiger partial charge in [-0.05, 0) is 0 Å². The van der Waals surface area contributed by atoms with Crippen LogP contribution in [-0.2, 0) is 4.79 Å². The van der Waals surface area contributed by atoms with Gasteiger partial charge in [-0.3, -0.25) is 4.79 Å². The number of nitrogens with one attached hydrogen (secondary N) is 3. The molecule has 0 saturated carbocycles. The first-order valence-electron chi connectivity index (χ1n) is 4.42. The molecule has 1 unspecified atom stereocenters. The van der Waals surface area contributed by atoms with E-state index in [1.54, 1.807) is 0 Å². The molecule has 0 spiro atoms. The lowest BCUT2D eigenvalue weighted by atomic mass is 10.2. The van der Waals surface area contributed by atoms with Crippen molar-refractivity contribution in [1.82, 2.24) is 16.0 Å². The van der Waals surface area contributed by atoms with E-state index in [9.17, 15) is 4.79 Å². The molecule has 0 aromatic carbocycles. The summed E-state index contributed by atoms with van der Waals surface area (Å²) in [6.07, 6.45) is 0. The minimum Gasteiger partial charge on any atom is -0.350 e. The summed E-state index contributed by atoms with van der Waals surface area (Å²) in [6, 6.07) is 0.720. The summed E-state index contributed by atoms with van der Waals surface area (Å²) in [5.74, 6) is 0.0943. The molecule has 1 saturated heterocycles. The Bertz CT molecular complexity index is 158. The Morgan fingerprint density at radius 1 is 1.67 bits per heavy atom. The fraction of sp³-hybridized carbons (Fsp3) is 0.875. The Morgan fingerprint density at radius 3 is 3.00 bits per heavy atom. The van der Waals surface area contributed by atoms with Crippen molar-refractivity contribution < 1.29 is 4.79 Å². The average molecular weight is 171 g/mol. The zero-order valence-electron chi connectivity index (χ0n) is 7.68. The zero-order valence-corrected chi connectivity index (χ0v) is 7.68. The molecule has 0 radical (unpaired) electrons. The van der Waals surface area contributed by atoms with Crippen LogP contribution in [0.3, 0.4) is 0 Å². The fourth-order valence-corrected chi connectivity index (χ4v) is 1.19. The first-order valence-corrected chi connectivity index (χ1v) is 4.42. The van der Waals surface area contributed by atoms with Crippen LogP contribution in [-0.4, -0.2) is 37.6 Å². The van der Waals surface area contributed by atoms with Crippen LogP contribution in [0.4, 0.5) is 0 Å². The van der Waals surface area contributed by atoms with Gasteiger partial charge in [0.2, 0.25) is 5.91 Å². The SMILES string of the molecule is CC(C)NCC1CNCC(=O)N1. The number of carbonyl (C=O) groups excluding carboxylic acids is 1. The smallest absolute Gasteiger partial charge is 0.234 e. The monoisotopic (exact) mass is 171 g/mol. The highest BCUT2D eigenvalue weighted by molar-refractivity contribution is 5.79. The van der Waals surface area contributed by atoms with E-state index < -0.39 is 0 Å². The highest BCUT2D eigenvalue weighted by Crippen LogP contribution is 1.87. The van der Waals surface area contributed by atoms with E-state index in [4.69, 9.17) is 0 Å². The lowest BCUT2D eigenvalue weighted by Crippen LogP contribution is -2.56. The molecule has 3 N–H and O–H groups in total. The molecule has 4 heteroatoms. The summed E-state index contributed by atoms with van der Waals surface area (Å²) in [7, 11) is 0. The van der Waals surface area contributed by atoms with Gasteiger partial charge in [0.05, 0.1) is 12.6 Å². The number of rotatable bonds is 3. The van der Waals surface area contributed by atoms with Crippen LogP contribution in [0, 0.1) is 0 Å². The molecule has 0 bridgehead atoms. The zero-order chi connectivity index (χ0) is 8.97. The van der Waals surface area contributed by atoms with Crippen LogP contribution in [0.15, 0.2) is 0 Å². The van der Waals surface area contributed by atoms with E-state index in [1.807, 2.05) is 0 Å². The minimum absolute atomic E-state index is 0.0943. The molecule has 1 aliphatic rings. The van der Waals surface area contributed by atoms with E-state index in [-0.39, 0.29) is 11.9 Å². The van der Waals surface area contributed by atoms with Gasteiger partial charge in [0, 0.05) is 19.1 Å². The van der Waals surface area contributed by atoms with E-state index in [0.29, 0.717) is 12.6 Å². The van der Waals surface area contributed by atoms with Gasteiger partial charge in [0.25, 0.3) is 0 Å². The third-order valence-corrected chi connectivity index (χ3v) is 1.81. The van der Waals surface area contributed by atoms with E-state index in [2.05, 4.69) is 29.8 Å². The predicted molar refractivity (Wildman–Crippen MR) is 47.9 cm³/mol. The van der Waals surface area contributed by atoms with E-state index in [1.165, 1.54) is 0 Å². The van der Waals surface area contributed by atoms with Crippen molar-refractivity contribution in [2.45, 2.75) is 25.9 Å². The van der Waals surface area contributed by atoms with Gasteiger partial charge < -0.3 is 16.0 Å². The van der Waals surface area contributed by atoms with E-state index in [0.717, 1.165) is 13.1 Å². The van der Waals surface area contributed by atoms with Crippen LogP contribution >= 0.6 is 0 Å². The maximum absolute atomic E-state index is 10.9. The summed E-state index contributed by atoms with van der Waals surface area (Å²) < 4.78 is 0. The number of amides is 1. The van der Waals surface area contributed by atoms with Crippen molar-refractivity contribution in [3.8, 4) is 0 Å². The van der Waals surface area contributed by atoms with Gasteiger partial charge in [-0.25, -0.2) is 0 Å². The maximum Gasteiger partial charge on any atom is 0.234 e. The van der Waals surface area contributed by atoms with Crippen molar-refractivity contribution in [2.75, 3.05) is 19.6 Å². The van der Waals surface area contributed by atoms with Crippen LogP contribution < -0.4 is 16.0 Å². The molecule has 4 nitrogen and oxygen atoms in total. The lowest BCUT2D eigenvalue weighted by Gasteiger charge is -2.25. The van der Waals surface area contributed by atoms with Crippen molar-refractivity contribution in [2.24, 2.45) is 0 Å². The average Bonchev–Trinajstić information content (AvgIpc) is 2.01. The van der Waals surface area contributed by atoms with Crippen LogP contribution in [0.5, 0.6) is 0 Å². The Labute approximate surface area is 73.1 Å². The van der Waals surface area contributed by atoms with Crippen molar-refractivity contribution in [1.29, 1.82) is 0 Å². The molecule has 0 aromatic heterocycles. The van der Waals surface area contributed by atoms with Crippen LogP contribution in [0.25, 0.3) is 0 Å². The molecule has 1 aliphatic heterocycles. The summed E-state index contributed by atoms with van der Waals surface area (Å²) >= 11 is 0. The van der Waals surface area contributed by atoms with Crippen molar-refractivity contribution in [3.63, 3.8) is 0 Å². The number of piperazine rings is 1. The number of hydrogen-bond donors (Lipinski definition) is 3. The summed E-state index contributed by atoms with van der Waals surface area (Å²) in [4.78, 5) is 10.9. The molecule has 1 amide bonds. The molecular formula is C8H17N3O. The Balaban J connectivity index is 2.18. The normalized spacial score (nSPS) is 24.2. The third-order valence-electron chi connectivity index (χ3n) is 1.81. The highest BCUT2D eigenvalue weighted by atomic mass is 16.2. The number of carbonyl (C=O) groups is 1. The fourth-order valence-electron chi connectivity index (χ4n) is 1.19. The van der Waals surface area contributed by atoms with Gasteiger partial charge in [-0.15, -0.1) is 0 Å². The molecule has 12 heavy (non-hydrogen) atoms. The second-order valence-corrected chi connectivity index (χ2v) is 3.46. The van der Waals surface area contributed by atoms with Crippen molar-refractivity contribution >= 4 is 5.91 Å². The Morgan fingerprint density at radius 2 is 2.42 bits per heavy atom. The van der Waals surface area contributed by atoms with Gasteiger partial charge in [0.15, 0.2) is 0 Å². The quantitative estimate of drug-likeness (QED) is 0.514. The predicted octanol–water partition coefficient (Wildman–Crippen LogP) is -0.928. The standard InChI is InChI=1S/C8H17N3O/c1-6(2)10-4-7-3-9-5-8(12)11-7/h6-7,9-10H,3-5H2,1-2H3,(H,11,12). The largest absolute Gasteiger partial charge is 0.350 e. The first kappa shape index (κ1) is 9.48. The molecular weight excluding hydrogens is 154 g/mol. The van der Waals surface area contributed by atoms with Gasteiger partial charge >= 0.3 is 0 Å². The Kier molecular flexibility index (Phi) is 3.49. The van der Waals surface area contributed by atoms with Gasteiger partial charge in [-0.1, -0.05) is 13.8 Å². The summed E-state index contributed by atoms with van der Waals surface area (Å²) in [6.45, 7) is 6.36. The van der Waals surface area contributed by atoms with E-state index >= 15 is 0 Å². The maximum atomic E-state index is 10.9. The van der Waals surface area contributed by atoms with Crippen LogP contribution in [0.1, 0.15) is 13.8 Å². The molecule has 1 rings (SSSR count). The molecule has 0 aromatic rings. The van der Waals surface area contributed by atoms with Crippen LogP contribution in [0.2, 0.25) is 0 Å². The lowest BCUT2D eigenvalue weighted by molar-refractivity contribution is -0.122. The topological polar surface area (TPSA) is 53.2 Å². The second kappa shape index (κ2) is 4.42. The molecule has 1 atom stereocenters.